The predicted octanol–water partition coefficient (Wildman–Crippen LogP) is 2.12. The van der Waals surface area contributed by atoms with E-state index in [4.69, 9.17) is 14.7 Å². The molecule has 0 aliphatic carbocycles. The first-order chi connectivity index (χ1) is 11.2. The van der Waals surface area contributed by atoms with Crippen LogP contribution >= 0.6 is 0 Å². The smallest absolute Gasteiger partial charge is 0.344 e. The molecule has 0 saturated carbocycles. The van der Waals surface area contributed by atoms with E-state index in [9.17, 15) is 9.59 Å². The maximum absolute atomic E-state index is 11.6. The number of carbonyl (C=O) groups excluding carboxylic acids is 2. The van der Waals surface area contributed by atoms with Crippen molar-refractivity contribution in [2.24, 2.45) is 0 Å². The number of benzene rings is 2. The Morgan fingerprint density at radius 3 is 2.35 bits per heavy atom. The minimum absolute atomic E-state index is 0.315. The summed E-state index contributed by atoms with van der Waals surface area (Å²) in [5, 5.41) is 11.3. The molecular weight excluding hydrogens is 296 g/mol. The van der Waals surface area contributed by atoms with Gasteiger partial charge in [-0.3, -0.25) is 4.79 Å². The standard InChI is InChI=1S/C17H14N2O4/c18-10-13-6-8-15(9-7-13)22-12-17(21)23-11-16(20)19-14-4-2-1-3-5-14/h1-9H,11-12H2,(H,19,20). The third-order valence-corrected chi connectivity index (χ3v) is 2.76. The monoisotopic (exact) mass is 310 g/mol. The highest BCUT2D eigenvalue weighted by molar-refractivity contribution is 5.92. The van der Waals surface area contributed by atoms with E-state index in [-0.39, 0.29) is 13.2 Å². The number of ether oxygens (including phenoxy) is 2. The Labute approximate surface area is 133 Å². The van der Waals surface area contributed by atoms with Crippen molar-refractivity contribution in [3.8, 4) is 11.8 Å². The largest absolute Gasteiger partial charge is 0.482 e. The lowest BCUT2D eigenvalue weighted by atomic mass is 10.2. The lowest BCUT2D eigenvalue weighted by Gasteiger charge is -2.08. The maximum Gasteiger partial charge on any atom is 0.344 e. The van der Waals surface area contributed by atoms with Crippen LogP contribution in [0.25, 0.3) is 0 Å². The van der Waals surface area contributed by atoms with Gasteiger partial charge in [0.15, 0.2) is 13.2 Å². The van der Waals surface area contributed by atoms with Gasteiger partial charge < -0.3 is 14.8 Å². The van der Waals surface area contributed by atoms with Gasteiger partial charge in [0.25, 0.3) is 5.91 Å². The summed E-state index contributed by atoms with van der Waals surface area (Å²) in [7, 11) is 0. The number of nitrogens with one attached hydrogen (secondary N) is 1. The minimum Gasteiger partial charge on any atom is -0.482 e. The molecule has 2 rings (SSSR count). The Hall–Kier alpha value is -3.33. The summed E-state index contributed by atoms with van der Waals surface area (Å²) < 4.78 is 10.0. The maximum atomic E-state index is 11.6. The number of carbonyl (C=O) groups is 2. The van der Waals surface area contributed by atoms with Gasteiger partial charge >= 0.3 is 5.97 Å². The molecule has 0 atom stereocenters. The molecule has 0 fully saturated rings. The van der Waals surface area contributed by atoms with Crippen molar-refractivity contribution in [3.63, 3.8) is 0 Å². The van der Waals surface area contributed by atoms with Crippen LogP contribution in [0.3, 0.4) is 0 Å². The number of esters is 1. The van der Waals surface area contributed by atoms with Gasteiger partial charge in [0, 0.05) is 5.69 Å². The van der Waals surface area contributed by atoms with Crippen LogP contribution in [-0.4, -0.2) is 25.1 Å². The number of anilines is 1. The summed E-state index contributed by atoms with van der Waals surface area (Å²) in [6.45, 7) is -0.699. The molecule has 0 radical (unpaired) electrons. The van der Waals surface area contributed by atoms with E-state index < -0.39 is 11.9 Å². The van der Waals surface area contributed by atoms with Crippen LogP contribution in [0.15, 0.2) is 54.6 Å². The van der Waals surface area contributed by atoms with Crippen LogP contribution in [-0.2, 0) is 14.3 Å². The highest BCUT2D eigenvalue weighted by Crippen LogP contribution is 2.11. The third kappa shape index (κ3) is 5.52. The molecule has 0 bridgehead atoms. The first-order valence-corrected chi connectivity index (χ1v) is 6.81. The second kappa shape index (κ2) is 8.20. The van der Waals surface area contributed by atoms with Crippen LogP contribution in [0.2, 0.25) is 0 Å². The highest BCUT2D eigenvalue weighted by Gasteiger charge is 2.08. The van der Waals surface area contributed by atoms with Crippen molar-refractivity contribution in [1.82, 2.24) is 0 Å². The number of hydrogen-bond acceptors (Lipinski definition) is 5. The Bertz CT molecular complexity index is 706. The fraction of sp³-hybridized carbons (Fsp3) is 0.118. The van der Waals surface area contributed by atoms with E-state index >= 15 is 0 Å². The van der Waals surface area contributed by atoms with Crippen LogP contribution in [0.4, 0.5) is 5.69 Å². The summed E-state index contributed by atoms with van der Waals surface area (Å²) in [6, 6.07) is 17.1. The molecule has 0 heterocycles. The van der Waals surface area contributed by atoms with Crippen molar-refractivity contribution in [1.29, 1.82) is 5.26 Å². The zero-order valence-corrected chi connectivity index (χ0v) is 12.2. The number of nitrogens with zero attached hydrogens (tertiary/aromatic N) is 1. The summed E-state index contributed by atoms with van der Waals surface area (Å²) in [4.78, 5) is 23.1. The zero-order valence-electron chi connectivity index (χ0n) is 12.2. The molecule has 1 N–H and O–H groups in total. The van der Waals surface area contributed by atoms with E-state index in [0.717, 1.165) is 0 Å². The molecule has 23 heavy (non-hydrogen) atoms. The predicted molar refractivity (Wildman–Crippen MR) is 82.7 cm³/mol. The number of para-hydroxylation sites is 1. The molecule has 2 aromatic carbocycles. The second-order valence-corrected chi connectivity index (χ2v) is 4.50. The first-order valence-electron chi connectivity index (χ1n) is 6.81. The summed E-state index contributed by atoms with van der Waals surface area (Å²) in [5.41, 5.74) is 1.12. The molecule has 116 valence electrons. The topological polar surface area (TPSA) is 88.4 Å². The van der Waals surface area contributed by atoms with Crippen LogP contribution in [0.1, 0.15) is 5.56 Å². The van der Waals surface area contributed by atoms with Gasteiger partial charge in [0.05, 0.1) is 11.6 Å². The first kappa shape index (κ1) is 16.0. The average molecular weight is 310 g/mol. The third-order valence-electron chi connectivity index (χ3n) is 2.76. The summed E-state index contributed by atoms with van der Waals surface area (Å²) in [5.74, 6) is -0.643. The Balaban J connectivity index is 1.70. The lowest BCUT2D eigenvalue weighted by Crippen LogP contribution is -2.23. The number of rotatable bonds is 6. The molecule has 0 unspecified atom stereocenters. The van der Waals surface area contributed by atoms with E-state index in [1.807, 2.05) is 12.1 Å². The molecule has 0 aromatic heterocycles. The van der Waals surface area contributed by atoms with Gasteiger partial charge in [-0.25, -0.2) is 4.79 Å². The quantitative estimate of drug-likeness (QED) is 0.826. The van der Waals surface area contributed by atoms with Crippen LogP contribution in [0, 0.1) is 11.3 Å². The van der Waals surface area contributed by atoms with Gasteiger partial charge in [0.2, 0.25) is 0 Å². The van der Waals surface area contributed by atoms with Crippen molar-refractivity contribution in [2.45, 2.75) is 0 Å². The fourth-order valence-corrected chi connectivity index (χ4v) is 1.67. The van der Waals surface area contributed by atoms with Gasteiger partial charge in [-0.2, -0.15) is 5.26 Å². The van der Waals surface area contributed by atoms with Gasteiger partial charge in [0.1, 0.15) is 5.75 Å². The SMILES string of the molecule is N#Cc1ccc(OCC(=O)OCC(=O)Nc2ccccc2)cc1. The molecule has 6 nitrogen and oxygen atoms in total. The summed E-state index contributed by atoms with van der Waals surface area (Å²) in [6.07, 6.45) is 0. The number of amides is 1. The molecule has 0 spiro atoms. The molecule has 6 heteroatoms. The number of nitriles is 1. The number of hydrogen-bond donors (Lipinski definition) is 1. The molecule has 2 aromatic rings. The van der Waals surface area contributed by atoms with Crippen molar-refractivity contribution in [3.05, 3.63) is 60.2 Å². The molecule has 0 saturated heterocycles. The fourth-order valence-electron chi connectivity index (χ4n) is 1.67. The van der Waals surface area contributed by atoms with Crippen LogP contribution in [0.5, 0.6) is 5.75 Å². The lowest BCUT2D eigenvalue weighted by molar-refractivity contribution is -0.149. The van der Waals surface area contributed by atoms with Gasteiger partial charge in [-0.15, -0.1) is 0 Å². The van der Waals surface area contributed by atoms with Crippen molar-refractivity contribution >= 4 is 17.6 Å². The van der Waals surface area contributed by atoms with E-state index in [1.165, 1.54) is 0 Å². The molecule has 0 aliphatic rings. The van der Waals surface area contributed by atoms with E-state index in [0.29, 0.717) is 17.0 Å². The van der Waals surface area contributed by atoms with Gasteiger partial charge in [-0.1, -0.05) is 18.2 Å². The highest BCUT2D eigenvalue weighted by atomic mass is 16.6. The summed E-state index contributed by atoms with van der Waals surface area (Å²) >= 11 is 0. The molecule has 0 aliphatic heterocycles. The van der Waals surface area contributed by atoms with Gasteiger partial charge in [-0.05, 0) is 36.4 Å². The minimum atomic E-state index is -0.655. The Kier molecular flexibility index (Phi) is 5.72. The Morgan fingerprint density at radius 1 is 1.00 bits per heavy atom. The average Bonchev–Trinajstić information content (AvgIpc) is 2.59. The van der Waals surface area contributed by atoms with Crippen molar-refractivity contribution < 1.29 is 19.1 Å². The van der Waals surface area contributed by atoms with E-state index in [2.05, 4.69) is 5.32 Å². The zero-order chi connectivity index (χ0) is 16.5. The van der Waals surface area contributed by atoms with Crippen LogP contribution < -0.4 is 10.1 Å². The van der Waals surface area contributed by atoms with E-state index in [1.54, 1.807) is 48.5 Å². The normalized spacial score (nSPS) is 9.52. The van der Waals surface area contributed by atoms with Crippen molar-refractivity contribution in [2.75, 3.05) is 18.5 Å². The Morgan fingerprint density at radius 2 is 1.70 bits per heavy atom. The molecular formula is C17H14N2O4. The molecule has 1 amide bonds. The second-order valence-electron chi connectivity index (χ2n) is 4.50.